The van der Waals surface area contributed by atoms with Crippen LogP contribution in [-0.4, -0.2) is 6.10 Å². The molecule has 0 radical (unpaired) electrons. The molecule has 0 aliphatic heterocycles. The van der Waals surface area contributed by atoms with Gasteiger partial charge in [0, 0.05) is 0 Å². The molecular weight excluding hydrogens is 156 g/mol. The zero-order chi connectivity index (χ0) is 5.70. The first-order valence-corrected chi connectivity index (χ1v) is 3.23. The van der Waals surface area contributed by atoms with Gasteiger partial charge in [-0.2, -0.15) is 0 Å². The van der Waals surface area contributed by atoms with Crippen LogP contribution in [0.25, 0.3) is 0 Å². The van der Waals surface area contributed by atoms with Crippen LogP contribution in [0, 0.1) is 0 Å². The second-order valence-electron chi connectivity index (χ2n) is 1.69. The van der Waals surface area contributed by atoms with Gasteiger partial charge in [-0.25, -0.2) is 0 Å². The third kappa shape index (κ3) is 4.29. The highest BCUT2D eigenvalue weighted by Crippen LogP contribution is 2.02. The largest absolute Gasteiger partial charge is 0.305 e. The van der Waals surface area contributed by atoms with Crippen LogP contribution in [0.15, 0.2) is 0 Å². The first-order chi connectivity index (χ1) is 3.31. The number of hydrogen-bond acceptors (Lipinski definition) is 1. The van der Waals surface area contributed by atoms with Crippen molar-refractivity contribution in [3.05, 3.63) is 0 Å². The van der Waals surface area contributed by atoms with Crippen LogP contribution in [0.4, 0.5) is 0 Å². The third-order valence-corrected chi connectivity index (χ3v) is 1.49. The summed E-state index contributed by atoms with van der Waals surface area (Å²) in [5.74, 6) is 0. The molecule has 0 heterocycles. The maximum atomic E-state index is 4.80. The van der Waals surface area contributed by atoms with Crippen molar-refractivity contribution in [2.75, 3.05) is 0 Å². The molecule has 0 spiro atoms. The molecule has 1 unspecified atom stereocenters. The minimum atomic E-state index is 0.366. The summed E-state index contributed by atoms with van der Waals surface area (Å²) in [6, 6.07) is 0. The Morgan fingerprint density at radius 3 is 2.43 bits per heavy atom. The fourth-order valence-electron chi connectivity index (χ4n) is 0.451. The van der Waals surface area contributed by atoms with Crippen molar-refractivity contribution in [1.29, 1.82) is 0 Å². The second kappa shape index (κ2) is 4.60. The minimum absolute atomic E-state index is 0.366. The molecule has 0 aromatic carbocycles. The molecule has 1 nitrogen and oxygen atoms in total. The van der Waals surface area contributed by atoms with Crippen LogP contribution >= 0.6 is 16.3 Å². The predicted octanol–water partition coefficient (Wildman–Crippen LogP) is 2.50. The van der Waals surface area contributed by atoms with Crippen molar-refractivity contribution >= 4 is 16.3 Å². The van der Waals surface area contributed by atoms with Crippen molar-refractivity contribution in [2.45, 2.75) is 32.8 Å². The topological polar surface area (TPSA) is 9.23 Å². The molecule has 0 aliphatic carbocycles. The van der Waals surface area contributed by atoms with E-state index in [2.05, 4.69) is 23.2 Å². The van der Waals surface area contributed by atoms with E-state index < -0.39 is 0 Å². The summed E-state index contributed by atoms with van der Waals surface area (Å²) in [4.78, 5) is 0. The van der Waals surface area contributed by atoms with Gasteiger partial charge in [-0.15, -0.1) is 0 Å². The molecule has 0 aromatic rings. The lowest BCUT2D eigenvalue weighted by Gasteiger charge is -2.01. The molecule has 0 fully saturated rings. The second-order valence-corrected chi connectivity index (χ2v) is 2.06. The van der Waals surface area contributed by atoms with Crippen molar-refractivity contribution in [1.82, 2.24) is 0 Å². The fourth-order valence-corrected chi connectivity index (χ4v) is 0.638. The van der Waals surface area contributed by atoms with Gasteiger partial charge in [0.05, 0.1) is 22.4 Å². The lowest BCUT2D eigenvalue weighted by Crippen LogP contribution is -1.98. The normalized spacial score (nSPS) is 14.1. The van der Waals surface area contributed by atoms with Crippen molar-refractivity contribution in [3.63, 3.8) is 0 Å². The SMILES string of the molecule is CCCC(C)OBr. The van der Waals surface area contributed by atoms with E-state index in [0.29, 0.717) is 6.10 Å². The van der Waals surface area contributed by atoms with Gasteiger partial charge in [0.25, 0.3) is 0 Å². The summed E-state index contributed by atoms with van der Waals surface area (Å²) < 4.78 is 4.80. The summed E-state index contributed by atoms with van der Waals surface area (Å²) >= 11 is 2.92. The van der Waals surface area contributed by atoms with Gasteiger partial charge in [0.1, 0.15) is 0 Å². The number of hydrogen-bond donors (Lipinski definition) is 0. The summed E-state index contributed by atoms with van der Waals surface area (Å²) in [5, 5.41) is 0. The Kier molecular flexibility index (Phi) is 4.88. The smallest absolute Gasteiger partial charge is 0.0990 e. The molecule has 0 amide bonds. The minimum Gasteiger partial charge on any atom is -0.305 e. The standard InChI is InChI=1S/C5H11BrO/c1-3-4-5(2)7-6/h5H,3-4H2,1-2H3. The van der Waals surface area contributed by atoms with E-state index in [0.717, 1.165) is 6.42 Å². The highest BCUT2D eigenvalue weighted by Gasteiger charge is 1.94. The Balaban J connectivity index is 2.83. The van der Waals surface area contributed by atoms with Gasteiger partial charge in [0.2, 0.25) is 0 Å². The summed E-state index contributed by atoms with van der Waals surface area (Å²) in [6.07, 6.45) is 2.68. The third-order valence-electron chi connectivity index (χ3n) is 0.847. The fraction of sp³-hybridized carbons (Fsp3) is 1.00. The van der Waals surface area contributed by atoms with E-state index in [4.69, 9.17) is 3.83 Å². The lowest BCUT2D eigenvalue weighted by atomic mass is 10.2. The Morgan fingerprint density at radius 2 is 2.29 bits per heavy atom. The molecule has 0 saturated heterocycles. The highest BCUT2D eigenvalue weighted by molar-refractivity contribution is 9.06. The Hall–Kier alpha value is 0.440. The Bertz CT molecular complexity index is 39.1. The van der Waals surface area contributed by atoms with E-state index >= 15 is 0 Å². The van der Waals surface area contributed by atoms with Crippen molar-refractivity contribution in [2.24, 2.45) is 0 Å². The molecular formula is C5H11BrO. The molecule has 1 atom stereocenters. The van der Waals surface area contributed by atoms with Gasteiger partial charge in [-0.05, 0) is 13.3 Å². The van der Waals surface area contributed by atoms with E-state index in [1.165, 1.54) is 6.42 Å². The van der Waals surface area contributed by atoms with Crippen LogP contribution in [0.3, 0.4) is 0 Å². The molecule has 0 aliphatic rings. The quantitative estimate of drug-likeness (QED) is 0.627. The van der Waals surface area contributed by atoms with Crippen LogP contribution in [0.5, 0.6) is 0 Å². The Labute approximate surface area is 53.5 Å². The molecule has 0 aromatic heterocycles. The highest BCUT2D eigenvalue weighted by atomic mass is 79.9. The summed E-state index contributed by atoms with van der Waals surface area (Å²) in [6.45, 7) is 4.18. The summed E-state index contributed by atoms with van der Waals surface area (Å²) in [7, 11) is 0. The van der Waals surface area contributed by atoms with Crippen molar-refractivity contribution in [3.8, 4) is 0 Å². The number of halogens is 1. The molecule has 0 rings (SSSR count). The average Bonchev–Trinajstić information content (AvgIpc) is 1.68. The van der Waals surface area contributed by atoms with Gasteiger partial charge >= 0.3 is 0 Å². The van der Waals surface area contributed by atoms with Gasteiger partial charge < -0.3 is 3.83 Å². The monoisotopic (exact) mass is 166 g/mol. The maximum Gasteiger partial charge on any atom is 0.0990 e. The molecule has 7 heavy (non-hydrogen) atoms. The van der Waals surface area contributed by atoms with Crippen molar-refractivity contribution < 1.29 is 3.83 Å². The van der Waals surface area contributed by atoms with Gasteiger partial charge in [0.15, 0.2) is 0 Å². The molecule has 2 heteroatoms. The van der Waals surface area contributed by atoms with Gasteiger partial charge in [-0.1, -0.05) is 13.3 Å². The maximum absolute atomic E-state index is 4.80. The zero-order valence-electron chi connectivity index (χ0n) is 4.78. The van der Waals surface area contributed by atoms with E-state index in [-0.39, 0.29) is 0 Å². The van der Waals surface area contributed by atoms with E-state index in [1.54, 1.807) is 0 Å². The Morgan fingerprint density at radius 1 is 1.71 bits per heavy atom. The molecule has 44 valence electrons. The van der Waals surface area contributed by atoms with E-state index in [1.807, 2.05) is 6.92 Å². The van der Waals surface area contributed by atoms with E-state index in [9.17, 15) is 0 Å². The zero-order valence-corrected chi connectivity index (χ0v) is 6.36. The average molecular weight is 167 g/mol. The van der Waals surface area contributed by atoms with Gasteiger partial charge in [-0.3, -0.25) is 0 Å². The van der Waals surface area contributed by atoms with Crippen LogP contribution in [0.1, 0.15) is 26.7 Å². The summed E-state index contributed by atoms with van der Waals surface area (Å²) in [5.41, 5.74) is 0. The predicted molar refractivity (Wildman–Crippen MR) is 34.4 cm³/mol. The number of rotatable bonds is 3. The lowest BCUT2D eigenvalue weighted by molar-refractivity contribution is 0.267. The molecule has 0 saturated carbocycles. The van der Waals surface area contributed by atoms with Crippen LogP contribution in [0.2, 0.25) is 0 Å². The molecule has 0 N–H and O–H groups in total. The van der Waals surface area contributed by atoms with Crippen LogP contribution < -0.4 is 0 Å². The van der Waals surface area contributed by atoms with Crippen LogP contribution in [-0.2, 0) is 3.83 Å². The molecule has 0 bridgehead atoms. The first kappa shape index (κ1) is 7.44. The first-order valence-electron chi connectivity index (χ1n) is 2.58.